The van der Waals surface area contributed by atoms with E-state index in [1.54, 1.807) is 6.92 Å². The van der Waals surface area contributed by atoms with Gasteiger partial charge in [0.2, 0.25) is 0 Å². The lowest BCUT2D eigenvalue weighted by molar-refractivity contribution is 1.09. The molecule has 0 aliphatic heterocycles. The van der Waals surface area contributed by atoms with E-state index in [1.165, 1.54) is 0 Å². The molecule has 0 aliphatic rings. The average molecular weight is 112 g/mol. The molecule has 0 bridgehead atoms. The molecule has 0 saturated carbocycles. The predicted octanol–water partition coefficient (Wildman–Crippen LogP) is 1.15. The van der Waals surface area contributed by atoms with Gasteiger partial charge in [-0.05, 0) is 19.4 Å². The zero-order chi connectivity index (χ0) is 6.57. The summed E-state index contributed by atoms with van der Waals surface area (Å²) in [5, 5.41) is 9.94. The Morgan fingerprint density at radius 1 is 1.50 bits per heavy atom. The van der Waals surface area contributed by atoms with E-state index in [1.807, 2.05) is 20.2 Å². The zero-order valence-electron chi connectivity index (χ0n) is 5.58. The van der Waals surface area contributed by atoms with Gasteiger partial charge in [0.15, 0.2) is 0 Å². The van der Waals surface area contributed by atoms with Gasteiger partial charge >= 0.3 is 0 Å². The summed E-state index contributed by atoms with van der Waals surface area (Å²) in [6, 6.07) is 0. The van der Waals surface area contributed by atoms with Crippen LogP contribution in [0.2, 0.25) is 0 Å². The first kappa shape index (κ1) is 7.21. The molecule has 46 valence electrons. The second kappa shape index (κ2) is 3.24. The first-order valence-electron chi connectivity index (χ1n) is 2.58. The maximum atomic E-state index is 7.10. The molecule has 0 saturated heterocycles. The van der Waals surface area contributed by atoms with Gasteiger partial charge in [0, 0.05) is 19.0 Å². The molecule has 0 rings (SSSR count). The van der Waals surface area contributed by atoms with E-state index in [0.29, 0.717) is 5.71 Å². The molecule has 0 unspecified atom stereocenters. The van der Waals surface area contributed by atoms with Crippen LogP contribution in [0.25, 0.3) is 0 Å². The van der Waals surface area contributed by atoms with Crippen molar-refractivity contribution in [2.75, 3.05) is 7.05 Å². The highest BCUT2D eigenvalue weighted by atomic mass is 14.8. The highest BCUT2D eigenvalue weighted by Crippen LogP contribution is 1.89. The molecule has 0 aromatic rings. The molecule has 0 fully saturated rings. The molecule has 2 nitrogen and oxygen atoms in total. The van der Waals surface area contributed by atoms with Crippen LogP contribution in [0, 0.1) is 5.41 Å². The minimum atomic E-state index is 0.611. The summed E-state index contributed by atoms with van der Waals surface area (Å²) < 4.78 is 0. The lowest BCUT2D eigenvalue weighted by Crippen LogP contribution is -1.99. The largest absolute Gasteiger partial charge is 0.394 e. The Balaban J connectivity index is 3.80. The quantitative estimate of drug-likeness (QED) is 0.516. The Morgan fingerprint density at radius 2 is 2.00 bits per heavy atom. The Bertz CT molecular complexity index is 114. The fourth-order valence-electron chi connectivity index (χ4n) is 0.325. The molecular formula is C6H12N2. The molecule has 0 heterocycles. The molecule has 0 radical (unpaired) electrons. The third-order valence-electron chi connectivity index (χ3n) is 0.952. The van der Waals surface area contributed by atoms with Crippen LogP contribution in [0.4, 0.5) is 0 Å². The third-order valence-corrected chi connectivity index (χ3v) is 0.952. The average Bonchev–Trinajstić information content (AvgIpc) is 1.67. The van der Waals surface area contributed by atoms with Gasteiger partial charge < -0.3 is 10.7 Å². The SMILES string of the molecule is CN/C=C(\C)C(C)=N. The van der Waals surface area contributed by atoms with Gasteiger partial charge in [-0.15, -0.1) is 0 Å². The molecule has 8 heavy (non-hydrogen) atoms. The normalized spacial score (nSPS) is 11.1. The minimum absolute atomic E-state index is 0.611. The maximum Gasteiger partial charge on any atom is 0.0326 e. The van der Waals surface area contributed by atoms with Crippen molar-refractivity contribution in [1.29, 1.82) is 5.41 Å². The fraction of sp³-hybridized carbons (Fsp3) is 0.500. The van der Waals surface area contributed by atoms with Crippen molar-refractivity contribution in [3.05, 3.63) is 11.8 Å². The van der Waals surface area contributed by atoms with Gasteiger partial charge in [-0.3, -0.25) is 0 Å². The Hall–Kier alpha value is -0.790. The van der Waals surface area contributed by atoms with Gasteiger partial charge in [-0.1, -0.05) is 0 Å². The first-order chi connectivity index (χ1) is 3.68. The van der Waals surface area contributed by atoms with Crippen molar-refractivity contribution >= 4 is 5.71 Å². The number of hydrogen-bond donors (Lipinski definition) is 2. The van der Waals surface area contributed by atoms with E-state index in [9.17, 15) is 0 Å². The summed E-state index contributed by atoms with van der Waals surface area (Å²) in [5.74, 6) is 0. The lowest BCUT2D eigenvalue weighted by Gasteiger charge is -1.94. The summed E-state index contributed by atoms with van der Waals surface area (Å²) in [4.78, 5) is 0. The monoisotopic (exact) mass is 112 g/mol. The number of allylic oxidation sites excluding steroid dienone is 1. The van der Waals surface area contributed by atoms with Gasteiger partial charge in [0.25, 0.3) is 0 Å². The Kier molecular flexibility index (Phi) is 2.92. The smallest absolute Gasteiger partial charge is 0.0326 e. The predicted molar refractivity (Wildman–Crippen MR) is 36.2 cm³/mol. The summed E-state index contributed by atoms with van der Waals surface area (Å²) >= 11 is 0. The summed E-state index contributed by atoms with van der Waals surface area (Å²) in [6.07, 6.45) is 1.81. The van der Waals surface area contributed by atoms with Crippen LogP contribution in [0.3, 0.4) is 0 Å². The van der Waals surface area contributed by atoms with Crippen LogP contribution < -0.4 is 5.32 Å². The van der Waals surface area contributed by atoms with Crippen molar-refractivity contribution < 1.29 is 0 Å². The molecule has 2 heteroatoms. The standard InChI is InChI=1S/C6H12N2/c1-5(4-8-3)6(2)7/h4,7-8H,1-3H3/b5-4+,7-6?. The fourth-order valence-corrected chi connectivity index (χ4v) is 0.325. The van der Waals surface area contributed by atoms with Crippen molar-refractivity contribution in [2.24, 2.45) is 0 Å². The van der Waals surface area contributed by atoms with Gasteiger partial charge in [0.1, 0.15) is 0 Å². The topological polar surface area (TPSA) is 35.9 Å². The van der Waals surface area contributed by atoms with Crippen molar-refractivity contribution in [3.63, 3.8) is 0 Å². The van der Waals surface area contributed by atoms with E-state index in [2.05, 4.69) is 5.32 Å². The van der Waals surface area contributed by atoms with Crippen molar-refractivity contribution in [2.45, 2.75) is 13.8 Å². The number of hydrogen-bond acceptors (Lipinski definition) is 2. The molecule has 0 atom stereocenters. The van der Waals surface area contributed by atoms with Gasteiger partial charge in [-0.2, -0.15) is 0 Å². The van der Waals surface area contributed by atoms with E-state index >= 15 is 0 Å². The maximum absolute atomic E-state index is 7.10. The van der Waals surface area contributed by atoms with Crippen LogP contribution in [0.1, 0.15) is 13.8 Å². The van der Waals surface area contributed by atoms with Crippen LogP contribution in [0.5, 0.6) is 0 Å². The van der Waals surface area contributed by atoms with E-state index in [4.69, 9.17) is 5.41 Å². The molecule has 0 spiro atoms. The lowest BCUT2D eigenvalue weighted by atomic mass is 10.2. The van der Waals surface area contributed by atoms with E-state index in [0.717, 1.165) is 5.57 Å². The van der Waals surface area contributed by atoms with Gasteiger partial charge in [-0.25, -0.2) is 0 Å². The zero-order valence-corrected chi connectivity index (χ0v) is 5.58. The minimum Gasteiger partial charge on any atom is -0.394 e. The summed E-state index contributed by atoms with van der Waals surface area (Å²) in [7, 11) is 1.83. The number of nitrogens with one attached hydrogen (secondary N) is 2. The van der Waals surface area contributed by atoms with E-state index in [-0.39, 0.29) is 0 Å². The number of rotatable bonds is 2. The Morgan fingerprint density at radius 3 is 2.12 bits per heavy atom. The highest BCUT2D eigenvalue weighted by molar-refractivity contribution is 5.94. The van der Waals surface area contributed by atoms with Crippen LogP contribution >= 0.6 is 0 Å². The van der Waals surface area contributed by atoms with Crippen LogP contribution in [-0.2, 0) is 0 Å². The molecule has 0 aliphatic carbocycles. The molecular weight excluding hydrogens is 100 g/mol. The second-order valence-corrected chi connectivity index (χ2v) is 1.74. The van der Waals surface area contributed by atoms with E-state index < -0.39 is 0 Å². The molecule has 0 aromatic carbocycles. The molecule has 0 amide bonds. The Labute approximate surface area is 50.1 Å². The van der Waals surface area contributed by atoms with Gasteiger partial charge in [0.05, 0.1) is 0 Å². The van der Waals surface area contributed by atoms with Crippen molar-refractivity contribution in [1.82, 2.24) is 5.32 Å². The highest BCUT2D eigenvalue weighted by Gasteiger charge is 1.86. The van der Waals surface area contributed by atoms with Crippen LogP contribution in [-0.4, -0.2) is 12.8 Å². The molecule has 0 aromatic heterocycles. The summed E-state index contributed by atoms with van der Waals surface area (Å²) in [6.45, 7) is 3.67. The molecule has 2 N–H and O–H groups in total. The van der Waals surface area contributed by atoms with Crippen molar-refractivity contribution in [3.8, 4) is 0 Å². The first-order valence-corrected chi connectivity index (χ1v) is 2.58. The third kappa shape index (κ3) is 2.39. The second-order valence-electron chi connectivity index (χ2n) is 1.74. The summed E-state index contributed by atoms with van der Waals surface area (Å²) in [5.41, 5.74) is 1.59. The van der Waals surface area contributed by atoms with Crippen LogP contribution in [0.15, 0.2) is 11.8 Å².